The summed E-state index contributed by atoms with van der Waals surface area (Å²) in [7, 11) is 0. The molecule has 0 aromatic heterocycles. The molecule has 1 heteroatoms. The van der Waals surface area contributed by atoms with Gasteiger partial charge in [0.05, 0.1) is 0 Å². The Morgan fingerprint density at radius 3 is 1.89 bits per heavy atom. The zero-order valence-electron chi connectivity index (χ0n) is 6.63. The molecule has 0 nitrogen and oxygen atoms in total. The van der Waals surface area contributed by atoms with E-state index in [2.05, 4.69) is 38.6 Å². The van der Waals surface area contributed by atoms with Gasteiger partial charge in [-0.2, -0.15) is 0 Å². The molecule has 0 heterocycles. The molecule has 0 aromatic rings. The molecule has 0 N–H and O–H groups in total. The van der Waals surface area contributed by atoms with Crippen LogP contribution in [0.1, 0.15) is 6.92 Å². The Bertz CT molecular complexity index is 115. The van der Waals surface area contributed by atoms with E-state index >= 15 is 0 Å². The molecule has 9 heavy (non-hydrogen) atoms. The molecule has 0 aliphatic heterocycles. The van der Waals surface area contributed by atoms with Crippen molar-refractivity contribution in [3.63, 3.8) is 0 Å². The zero-order chi connectivity index (χ0) is 7.33. The average Bonchev–Trinajstić information content (AvgIpc) is 1.63. The fourth-order valence-corrected chi connectivity index (χ4v) is 1.89. The molecular formula is C8H16Pt. The SMILES string of the molecule is CC=CC=[CH][Pt]([CH3])([CH3])[CH3]. The van der Waals surface area contributed by atoms with Crippen LogP contribution in [0.15, 0.2) is 22.7 Å². The van der Waals surface area contributed by atoms with E-state index in [1.165, 1.54) is 0 Å². The first-order chi connectivity index (χ1) is 4.06. The number of hydrogen-bond acceptors (Lipinski definition) is 0. The molecule has 0 bridgehead atoms. The molecule has 0 amide bonds. The van der Waals surface area contributed by atoms with Gasteiger partial charge in [-0.3, -0.25) is 0 Å². The van der Waals surface area contributed by atoms with Crippen LogP contribution in [-0.2, 0) is 16.1 Å². The Morgan fingerprint density at radius 2 is 1.56 bits per heavy atom. The Balaban J connectivity index is 3.71. The molecule has 0 unspecified atom stereocenters. The van der Waals surface area contributed by atoms with Gasteiger partial charge in [-0.15, -0.1) is 0 Å². The van der Waals surface area contributed by atoms with E-state index in [1.807, 2.05) is 6.92 Å². The Labute approximate surface area is 61.9 Å². The van der Waals surface area contributed by atoms with Crippen LogP contribution in [0.25, 0.3) is 0 Å². The summed E-state index contributed by atoms with van der Waals surface area (Å²) in [4.78, 5) is 0. The third-order valence-corrected chi connectivity index (χ3v) is 3.39. The van der Waals surface area contributed by atoms with Gasteiger partial charge in [-0.25, -0.2) is 0 Å². The van der Waals surface area contributed by atoms with E-state index in [0.717, 1.165) is 0 Å². The van der Waals surface area contributed by atoms with E-state index in [0.29, 0.717) is 0 Å². The van der Waals surface area contributed by atoms with E-state index in [9.17, 15) is 0 Å². The van der Waals surface area contributed by atoms with Crippen LogP contribution in [0.3, 0.4) is 0 Å². The van der Waals surface area contributed by atoms with Crippen molar-refractivity contribution in [2.45, 2.75) is 22.9 Å². The molecule has 0 aliphatic carbocycles. The molecule has 0 atom stereocenters. The Kier molecular flexibility index (Phi) is 4.14. The molecule has 0 spiro atoms. The first-order valence-corrected chi connectivity index (χ1v) is 10.8. The molecule has 58 valence electrons. The van der Waals surface area contributed by atoms with Crippen LogP contribution >= 0.6 is 0 Å². The summed E-state index contributed by atoms with van der Waals surface area (Å²) < 4.78 is 2.37. The maximum absolute atomic E-state index is 2.37. The molecule has 0 saturated heterocycles. The number of allylic oxidation sites excluding steroid dienone is 3. The third-order valence-electron chi connectivity index (χ3n) is 0.681. The predicted octanol–water partition coefficient (Wildman–Crippen LogP) is 3.37. The monoisotopic (exact) mass is 307 g/mol. The van der Waals surface area contributed by atoms with E-state index < -0.39 is 16.1 Å². The molecule has 0 saturated carbocycles. The van der Waals surface area contributed by atoms with Gasteiger partial charge in [-0.1, -0.05) is 0 Å². The van der Waals surface area contributed by atoms with Crippen molar-refractivity contribution in [2.24, 2.45) is 0 Å². The second-order valence-corrected chi connectivity index (χ2v) is 13.8. The van der Waals surface area contributed by atoms with Crippen molar-refractivity contribution in [1.29, 1.82) is 0 Å². The molecule has 0 radical (unpaired) electrons. The van der Waals surface area contributed by atoms with Gasteiger partial charge in [0.1, 0.15) is 0 Å². The average molecular weight is 307 g/mol. The fraction of sp³-hybridized carbons (Fsp3) is 0.500. The summed E-state index contributed by atoms with van der Waals surface area (Å²) in [6.45, 7) is 2.04. The van der Waals surface area contributed by atoms with Crippen molar-refractivity contribution in [1.82, 2.24) is 0 Å². The van der Waals surface area contributed by atoms with Crippen molar-refractivity contribution in [3.05, 3.63) is 22.7 Å². The Hall–Kier alpha value is 0.168. The molecule has 0 aromatic carbocycles. The van der Waals surface area contributed by atoms with E-state index in [-0.39, 0.29) is 0 Å². The van der Waals surface area contributed by atoms with Crippen LogP contribution in [0.4, 0.5) is 0 Å². The normalized spacial score (nSPS) is 15.6. The van der Waals surface area contributed by atoms with Crippen molar-refractivity contribution in [2.75, 3.05) is 0 Å². The minimum absolute atomic E-state index is 1.30. The summed E-state index contributed by atoms with van der Waals surface area (Å²) in [5.74, 6) is 0. The van der Waals surface area contributed by atoms with Gasteiger partial charge in [0, 0.05) is 0 Å². The molecule has 0 rings (SSSR count). The van der Waals surface area contributed by atoms with Crippen LogP contribution in [0.2, 0.25) is 15.9 Å². The fourth-order valence-electron chi connectivity index (χ4n) is 0.329. The zero-order valence-corrected chi connectivity index (χ0v) is 8.90. The standard InChI is InChI=1S/C5H7.3CH3.Pt/c1-3-5-4-2;;;;/h1,3-5H,2H3;3*1H3;. The van der Waals surface area contributed by atoms with Crippen LogP contribution in [0.5, 0.6) is 0 Å². The quantitative estimate of drug-likeness (QED) is 0.686. The van der Waals surface area contributed by atoms with E-state index in [1.54, 1.807) is 0 Å². The minimum atomic E-state index is -1.30. The molecule has 0 aliphatic rings. The van der Waals surface area contributed by atoms with E-state index in [4.69, 9.17) is 0 Å². The number of rotatable bonds is 2. The third kappa shape index (κ3) is 8.17. The first-order valence-electron chi connectivity index (χ1n) is 2.71. The van der Waals surface area contributed by atoms with Crippen LogP contribution in [-0.4, -0.2) is 0 Å². The van der Waals surface area contributed by atoms with Gasteiger partial charge < -0.3 is 0 Å². The summed E-state index contributed by atoms with van der Waals surface area (Å²) in [5, 5.41) is 7.10. The van der Waals surface area contributed by atoms with Crippen LogP contribution in [0, 0.1) is 0 Å². The first kappa shape index (κ1) is 9.17. The van der Waals surface area contributed by atoms with Crippen molar-refractivity contribution in [3.8, 4) is 0 Å². The summed E-state index contributed by atoms with van der Waals surface area (Å²) in [5.41, 5.74) is 0. The topological polar surface area (TPSA) is 0 Å². The Morgan fingerprint density at radius 1 is 1.00 bits per heavy atom. The van der Waals surface area contributed by atoms with Gasteiger partial charge >= 0.3 is 61.6 Å². The van der Waals surface area contributed by atoms with Gasteiger partial charge in [0.25, 0.3) is 0 Å². The van der Waals surface area contributed by atoms with Gasteiger partial charge in [-0.05, 0) is 0 Å². The summed E-state index contributed by atoms with van der Waals surface area (Å²) >= 11 is -1.30. The maximum atomic E-state index is 2.37. The molecule has 0 fully saturated rings. The van der Waals surface area contributed by atoms with Crippen molar-refractivity contribution >= 4 is 0 Å². The number of hydrogen-bond donors (Lipinski definition) is 0. The van der Waals surface area contributed by atoms with Crippen molar-refractivity contribution < 1.29 is 16.1 Å². The second kappa shape index (κ2) is 4.06. The predicted molar refractivity (Wildman–Crippen MR) is 41.5 cm³/mol. The second-order valence-electron chi connectivity index (χ2n) is 2.32. The van der Waals surface area contributed by atoms with Gasteiger partial charge in [0.2, 0.25) is 0 Å². The van der Waals surface area contributed by atoms with Crippen LogP contribution < -0.4 is 0 Å². The molecular weight excluding hydrogens is 291 g/mol. The summed E-state index contributed by atoms with van der Waals surface area (Å²) in [6, 6.07) is 0. The summed E-state index contributed by atoms with van der Waals surface area (Å²) in [6.07, 6.45) is 6.31. The van der Waals surface area contributed by atoms with Gasteiger partial charge in [0.15, 0.2) is 0 Å².